The molecule has 0 aromatic carbocycles. The van der Waals surface area contributed by atoms with Gasteiger partial charge in [0.15, 0.2) is 5.96 Å². The quantitative estimate of drug-likeness (QED) is 0.314. The molecule has 2 rings (SSSR count). The van der Waals surface area contributed by atoms with E-state index in [1.807, 2.05) is 14.1 Å². The summed E-state index contributed by atoms with van der Waals surface area (Å²) >= 11 is 0. The van der Waals surface area contributed by atoms with Crippen LogP contribution in [0, 0.1) is 5.92 Å². The van der Waals surface area contributed by atoms with Gasteiger partial charge in [-0.15, -0.1) is 24.0 Å². The summed E-state index contributed by atoms with van der Waals surface area (Å²) < 4.78 is 2.06. The molecule has 0 bridgehead atoms. The molecule has 1 aliphatic heterocycles. The Labute approximate surface area is 157 Å². The Balaban J connectivity index is 0.00000264. The number of hydrogen-bond donors (Lipinski definition) is 2. The second kappa shape index (κ2) is 10.9. The molecule has 0 radical (unpaired) electrons. The average molecular weight is 433 g/mol. The van der Waals surface area contributed by atoms with Crippen LogP contribution in [0.25, 0.3) is 0 Å². The van der Waals surface area contributed by atoms with Gasteiger partial charge in [0.1, 0.15) is 0 Å². The summed E-state index contributed by atoms with van der Waals surface area (Å²) in [5.74, 6) is 1.80. The second-order valence-electron chi connectivity index (χ2n) is 6.42. The first kappa shape index (κ1) is 20.3. The molecule has 2 N–H and O–H groups in total. The number of rotatable bonds is 6. The van der Waals surface area contributed by atoms with Crippen molar-refractivity contribution in [2.75, 3.05) is 33.2 Å². The lowest BCUT2D eigenvalue weighted by atomic mass is 9.99. The molecule has 23 heavy (non-hydrogen) atoms. The third kappa shape index (κ3) is 7.56. The van der Waals surface area contributed by atoms with Crippen molar-refractivity contribution in [1.82, 2.24) is 20.1 Å². The van der Waals surface area contributed by atoms with E-state index in [0.717, 1.165) is 25.0 Å². The maximum Gasteiger partial charge on any atom is 0.191 e. The van der Waals surface area contributed by atoms with Gasteiger partial charge >= 0.3 is 0 Å². The van der Waals surface area contributed by atoms with Crippen LogP contribution < -0.4 is 10.6 Å². The lowest BCUT2D eigenvalue weighted by Gasteiger charge is -2.30. The van der Waals surface area contributed by atoms with Crippen LogP contribution in [-0.2, 0) is 13.6 Å². The third-order valence-corrected chi connectivity index (χ3v) is 4.40. The van der Waals surface area contributed by atoms with Crippen molar-refractivity contribution in [3.63, 3.8) is 0 Å². The molecule has 1 saturated heterocycles. The highest BCUT2D eigenvalue weighted by molar-refractivity contribution is 14.0. The topological polar surface area (TPSA) is 44.6 Å². The number of halogens is 1. The average Bonchev–Trinajstić information content (AvgIpc) is 2.94. The molecule has 6 heteroatoms. The lowest BCUT2D eigenvalue weighted by Crippen LogP contribution is -2.39. The Morgan fingerprint density at radius 3 is 2.65 bits per heavy atom. The molecular weight excluding hydrogens is 401 g/mol. The number of aromatic nitrogens is 1. The van der Waals surface area contributed by atoms with Crippen molar-refractivity contribution in [2.45, 2.75) is 32.7 Å². The molecule has 0 amide bonds. The maximum atomic E-state index is 4.28. The standard InChI is InChI=1S/C17H31N5.HI/c1-15-5-11-22(12-6-15)9-4-8-19-17(18-2)20-13-16-7-10-21(3)14-16;/h7,10,14-15H,4-6,8-9,11-13H2,1-3H3,(H2,18,19,20);1H. The molecule has 0 aliphatic carbocycles. The van der Waals surface area contributed by atoms with Gasteiger partial charge < -0.3 is 20.1 Å². The van der Waals surface area contributed by atoms with Gasteiger partial charge in [0, 0.05) is 39.6 Å². The van der Waals surface area contributed by atoms with Crippen LogP contribution in [0.2, 0.25) is 0 Å². The van der Waals surface area contributed by atoms with Gasteiger partial charge in [0.05, 0.1) is 0 Å². The normalized spacial score (nSPS) is 16.9. The van der Waals surface area contributed by atoms with Crippen molar-refractivity contribution >= 4 is 29.9 Å². The van der Waals surface area contributed by atoms with Crippen LogP contribution in [0.5, 0.6) is 0 Å². The number of nitrogens with one attached hydrogen (secondary N) is 2. The monoisotopic (exact) mass is 433 g/mol. The Morgan fingerprint density at radius 2 is 2.04 bits per heavy atom. The van der Waals surface area contributed by atoms with E-state index >= 15 is 0 Å². The largest absolute Gasteiger partial charge is 0.357 e. The minimum Gasteiger partial charge on any atom is -0.357 e. The maximum absolute atomic E-state index is 4.28. The summed E-state index contributed by atoms with van der Waals surface area (Å²) in [5.41, 5.74) is 1.27. The fourth-order valence-electron chi connectivity index (χ4n) is 2.87. The summed E-state index contributed by atoms with van der Waals surface area (Å²) in [6.07, 6.45) is 8.06. The first-order chi connectivity index (χ1) is 10.7. The van der Waals surface area contributed by atoms with Gasteiger partial charge in [-0.25, -0.2) is 0 Å². The predicted octanol–water partition coefficient (Wildman–Crippen LogP) is 2.43. The minimum absolute atomic E-state index is 0. The van der Waals surface area contributed by atoms with Crippen molar-refractivity contribution in [3.8, 4) is 0 Å². The molecule has 1 fully saturated rings. The van der Waals surface area contributed by atoms with Crippen LogP contribution >= 0.6 is 24.0 Å². The van der Waals surface area contributed by atoms with Crippen LogP contribution in [0.4, 0.5) is 0 Å². The summed E-state index contributed by atoms with van der Waals surface area (Å²) in [5, 5.41) is 6.76. The highest BCUT2D eigenvalue weighted by atomic mass is 127. The number of aliphatic imine (C=N–C) groups is 1. The van der Waals surface area contributed by atoms with Crippen molar-refractivity contribution in [1.29, 1.82) is 0 Å². The number of likely N-dealkylation sites (tertiary alicyclic amines) is 1. The number of guanidine groups is 1. The van der Waals surface area contributed by atoms with Gasteiger partial charge in [-0.05, 0) is 56.4 Å². The molecule has 1 aliphatic rings. The molecular formula is C17H32IN5. The second-order valence-corrected chi connectivity index (χ2v) is 6.42. The summed E-state index contributed by atoms with van der Waals surface area (Å²) in [4.78, 5) is 6.86. The zero-order chi connectivity index (χ0) is 15.8. The van der Waals surface area contributed by atoms with Crippen LogP contribution in [-0.4, -0.2) is 48.7 Å². The molecule has 2 heterocycles. The van der Waals surface area contributed by atoms with E-state index in [4.69, 9.17) is 0 Å². The number of nitrogens with zero attached hydrogens (tertiary/aromatic N) is 3. The molecule has 0 spiro atoms. The number of hydrogen-bond acceptors (Lipinski definition) is 2. The predicted molar refractivity (Wildman–Crippen MR) is 108 cm³/mol. The molecule has 0 atom stereocenters. The highest BCUT2D eigenvalue weighted by Gasteiger charge is 2.14. The van der Waals surface area contributed by atoms with Crippen LogP contribution in [0.3, 0.4) is 0 Å². The summed E-state index contributed by atoms with van der Waals surface area (Å²) in [7, 11) is 3.87. The number of aryl methyl sites for hydroxylation is 1. The third-order valence-electron chi connectivity index (χ3n) is 4.40. The zero-order valence-corrected chi connectivity index (χ0v) is 17.0. The van der Waals surface area contributed by atoms with E-state index in [1.165, 1.54) is 44.5 Å². The van der Waals surface area contributed by atoms with E-state index in [2.05, 4.69) is 50.5 Å². The van der Waals surface area contributed by atoms with Crippen molar-refractivity contribution in [3.05, 3.63) is 24.0 Å². The fourth-order valence-corrected chi connectivity index (χ4v) is 2.87. The Bertz CT molecular complexity index is 463. The molecule has 0 saturated carbocycles. The number of piperidine rings is 1. The van der Waals surface area contributed by atoms with Gasteiger partial charge in [-0.1, -0.05) is 6.92 Å². The minimum atomic E-state index is 0. The summed E-state index contributed by atoms with van der Waals surface area (Å²) in [6, 6.07) is 2.12. The Hall–Kier alpha value is -0.760. The van der Waals surface area contributed by atoms with E-state index in [0.29, 0.717) is 0 Å². The van der Waals surface area contributed by atoms with Gasteiger partial charge in [-0.3, -0.25) is 4.99 Å². The molecule has 132 valence electrons. The molecule has 1 aromatic heterocycles. The van der Waals surface area contributed by atoms with Gasteiger partial charge in [-0.2, -0.15) is 0 Å². The molecule has 0 unspecified atom stereocenters. The zero-order valence-electron chi connectivity index (χ0n) is 14.7. The van der Waals surface area contributed by atoms with Gasteiger partial charge in [0.2, 0.25) is 0 Å². The first-order valence-electron chi connectivity index (χ1n) is 8.45. The Kier molecular flexibility index (Phi) is 9.62. The molecule has 5 nitrogen and oxygen atoms in total. The van der Waals surface area contributed by atoms with Crippen molar-refractivity contribution < 1.29 is 0 Å². The summed E-state index contributed by atoms with van der Waals surface area (Å²) in [6.45, 7) is 7.87. The molecule has 1 aromatic rings. The van der Waals surface area contributed by atoms with E-state index in [1.54, 1.807) is 0 Å². The SMILES string of the molecule is CN=C(NCCCN1CCC(C)CC1)NCc1ccn(C)c1.I. The van der Waals surface area contributed by atoms with Crippen molar-refractivity contribution in [2.24, 2.45) is 18.0 Å². The van der Waals surface area contributed by atoms with Crippen LogP contribution in [0.1, 0.15) is 31.7 Å². The van der Waals surface area contributed by atoms with Gasteiger partial charge in [0.25, 0.3) is 0 Å². The highest BCUT2D eigenvalue weighted by Crippen LogP contribution is 2.15. The van der Waals surface area contributed by atoms with E-state index < -0.39 is 0 Å². The first-order valence-corrected chi connectivity index (χ1v) is 8.45. The van der Waals surface area contributed by atoms with Crippen LogP contribution in [0.15, 0.2) is 23.5 Å². The van der Waals surface area contributed by atoms with E-state index in [-0.39, 0.29) is 24.0 Å². The Morgan fingerprint density at radius 1 is 1.30 bits per heavy atom. The lowest BCUT2D eigenvalue weighted by molar-refractivity contribution is 0.191. The van der Waals surface area contributed by atoms with E-state index in [9.17, 15) is 0 Å². The smallest absolute Gasteiger partial charge is 0.191 e. The fraction of sp³-hybridized carbons (Fsp3) is 0.706.